The third kappa shape index (κ3) is 3.43. The van der Waals surface area contributed by atoms with Crippen LogP contribution in [0.2, 0.25) is 0 Å². The number of imidazole rings is 1. The summed E-state index contributed by atoms with van der Waals surface area (Å²) >= 11 is 1.25. The average Bonchev–Trinajstić information content (AvgIpc) is 3.18. The molecule has 1 N–H and O–H groups in total. The van der Waals surface area contributed by atoms with Crippen molar-refractivity contribution >= 4 is 23.7 Å². The number of nitro groups is 1. The van der Waals surface area contributed by atoms with Gasteiger partial charge in [0.2, 0.25) is 6.33 Å². The van der Waals surface area contributed by atoms with Gasteiger partial charge in [0.25, 0.3) is 12.0 Å². The molecule has 0 aliphatic carbocycles. The van der Waals surface area contributed by atoms with Crippen LogP contribution in [0.1, 0.15) is 5.56 Å². The number of nitrogens with one attached hydrogen (secondary N) is 1. The molecule has 9 nitrogen and oxygen atoms in total. The fourth-order valence-corrected chi connectivity index (χ4v) is 2.70. The molecule has 3 rings (SSSR count). The van der Waals surface area contributed by atoms with E-state index in [2.05, 4.69) is 20.3 Å². The summed E-state index contributed by atoms with van der Waals surface area (Å²) in [6.45, 7) is 0. The Morgan fingerprint density at radius 3 is 3.04 bits per heavy atom. The van der Waals surface area contributed by atoms with E-state index in [4.69, 9.17) is 0 Å². The van der Waals surface area contributed by atoms with Gasteiger partial charge < -0.3 is 4.57 Å². The molecule has 0 saturated heterocycles. The number of hydrogen-bond acceptors (Lipinski definition) is 6. The first kappa shape index (κ1) is 14.9. The highest BCUT2D eigenvalue weighted by atomic mass is 32.2. The first-order chi connectivity index (χ1) is 11.1. The van der Waals surface area contributed by atoms with Crippen LogP contribution in [-0.2, 0) is 7.05 Å². The second-order valence-electron chi connectivity index (χ2n) is 4.53. The Labute approximate surface area is 134 Å². The molecule has 0 unspecified atom stereocenters. The topological polar surface area (TPSA) is 106 Å². The molecule has 10 heteroatoms. The lowest BCUT2D eigenvalue weighted by atomic mass is 10.2. The molecular weight excluding hydrogens is 318 g/mol. The number of benzene rings is 1. The van der Waals surface area contributed by atoms with Crippen molar-refractivity contribution in [2.75, 3.05) is 0 Å². The van der Waals surface area contributed by atoms with Crippen molar-refractivity contribution in [3.8, 4) is 0 Å². The monoisotopic (exact) mass is 330 g/mol. The van der Waals surface area contributed by atoms with Crippen LogP contribution in [0.5, 0.6) is 0 Å². The van der Waals surface area contributed by atoms with Crippen molar-refractivity contribution in [3.05, 3.63) is 58.9 Å². The van der Waals surface area contributed by atoms with E-state index < -0.39 is 4.92 Å². The highest BCUT2D eigenvalue weighted by molar-refractivity contribution is 7.99. The Balaban J connectivity index is 1.89. The lowest BCUT2D eigenvalue weighted by molar-refractivity contribution is -0.678. The van der Waals surface area contributed by atoms with Gasteiger partial charge in [-0.1, -0.05) is 6.07 Å². The van der Waals surface area contributed by atoms with E-state index in [-0.39, 0.29) is 5.69 Å². The SMILES string of the molecule is Cn1ccnc1Sc1ccc(C=N[n+]2cn[nH]c2)cc1[N+](=O)[O-]. The van der Waals surface area contributed by atoms with E-state index in [0.29, 0.717) is 15.6 Å². The van der Waals surface area contributed by atoms with Crippen molar-refractivity contribution in [2.45, 2.75) is 10.1 Å². The first-order valence-corrected chi connectivity index (χ1v) is 7.33. The van der Waals surface area contributed by atoms with Crippen LogP contribution in [0.3, 0.4) is 0 Å². The normalized spacial score (nSPS) is 11.2. The van der Waals surface area contributed by atoms with Crippen LogP contribution in [0.15, 0.2) is 58.4 Å². The van der Waals surface area contributed by atoms with Gasteiger partial charge in [0.05, 0.1) is 16.0 Å². The van der Waals surface area contributed by atoms with Gasteiger partial charge in [-0.2, -0.15) is 0 Å². The Bertz CT molecular complexity index is 857. The Kier molecular flexibility index (Phi) is 4.15. The summed E-state index contributed by atoms with van der Waals surface area (Å²) in [5.41, 5.74) is 0.633. The van der Waals surface area contributed by atoms with Crippen LogP contribution in [0, 0.1) is 10.1 Å². The molecule has 0 atom stereocenters. The molecule has 0 bridgehead atoms. The lowest BCUT2D eigenvalue weighted by Crippen LogP contribution is -2.23. The fourth-order valence-electron chi connectivity index (χ4n) is 1.81. The third-order valence-electron chi connectivity index (χ3n) is 2.94. The van der Waals surface area contributed by atoms with Gasteiger partial charge in [-0.25, -0.2) is 4.98 Å². The number of nitro benzene ring substituents is 1. The van der Waals surface area contributed by atoms with E-state index in [9.17, 15) is 10.1 Å². The lowest BCUT2D eigenvalue weighted by Gasteiger charge is -2.03. The summed E-state index contributed by atoms with van der Waals surface area (Å²) in [7, 11) is 1.84. The minimum atomic E-state index is -0.409. The second kappa shape index (κ2) is 6.40. The van der Waals surface area contributed by atoms with Crippen molar-refractivity contribution in [1.29, 1.82) is 0 Å². The number of aryl methyl sites for hydroxylation is 1. The zero-order valence-electron chi connectivity index (χ0n) is 12.0. The number of aromatic amines is 1. The maximum atomic E-state index is 11.3. The molecule has 0 aliphatic rings. The molecule has 116 valence electrons. The zero-order valence-corrected chi connectivity index (χ0v) is 12.8. The number of rotatable bonds is 5. The van der Waals surface area contributed by atoms with Crippen LogP contribution in [0.25, 0.3) is 0 Å². The molecule has 0 saturated carbocycles. The van der Waals surface area contributed by atoms with E-state index in [0.717, 1.165) is 0 Å². The minimum Gasteiger partial charge on any atom is -0.329 e. The Morgan fingerprint density at radius 1 is 1.52 bits per heavy atom. The maximum Gasteiger partial charge on any atom is 0.288 e. The van der Waals surface area contributed by atoms with Crippen molar-refractivity contribution in [2.24, 2.45) is 12.1 Å². The van der Waals surface area contributed by atoms with Crippen LogP contribution >= 0.6 is 11.8 Å². The molecule has 23 heavy (non-hydrogen) atoms. The quantitative estimate of drug-likeness (QED) is 0.329. The van der Waals surface area contributed by atoms with Crippen molar-refractivity contribution in [3.63, 3.8) is 0 Å². The molecule has 0 radical (unpaired) electrons. The predicted octanol–water partition coefficient (Wildman–Crippen LogP) is 1.37. The maximum absolute atomic E-state index is 11.3. The highest BCUT2D eigenvalue weighted by Crippen LogP contribution is 2.34. The van der Waals surface area contributed by atoms with Gasteiger partial charge >= 0.3 is 0 Å². The van der Waals surface area contributed by atoms with Crippen molar-refractivity contribution < 1.29 is 9.60 Å². The largest absolute Gasteiger partial charge is 0.329 e. The summed E-state index contributed by atoms with van der Waals surface area (Å²) in [5.74, 6) is 0. The van der Waals surface area contributed by atoms with Crippen LogP contribution in [0.4, 0.5) is 5.69 Å². The summed E-state index contributed by atoms with van der Waals surface area (Å²) < 4.78 is 3.27. The van der Waals surface area contributed by atoms with Gasteiger partial charge in [-0.15, -0.1) is 14.9 Å². The number of hydrogen-bond donors (Lipinski definition) is 1. The smallest absolute Gasteiger partial charge is 0.288 e. The summed E-state index contributed by atoms with van der Waals surface area (Å²) in [6.07, 6.45) is 8.00. The van der Waals surface area contributed by atoms with Gasteiger partial charge in [0, 0.05) is 36.2 Å². The number of aromatic nitrogens is 5. The molecule has 2 aromatic heterocycles. The number of nitrogens with zero attached hydrogens (tertiary/aromatic N) is 6. The number of H-pyrrole nitrogens is 1. The van der Waals surface area contributed by atoms with E-state index in [1.54, 1.807) is 35.4 Å². The summed E-state index contributed by atoms with van der Waals surface area (Å²) in [4.78, 5) is 15.6. The Morgan fingerprint density at radius 2 is 2.39 bits per heavy atom. The van der Waals surface area contributed by atoms with Gasteiger partial charge in [0.1, 0.15) is 0 Å². The average molecular weight is 330 g/mol. The molecule has 1 aromatic carbocycles. The minimum absolute atomic E-state index is 0.0131. The fraction of sp³-hybridized carbons (Fsp3) is 0.0769. The molecular formula is C13H12N7O2S+. The van der Waals surface area contributed by atoms with Gasteiger partial charge in [-0.05, 0) is 17.8 Å². The molecule has 0 fully saturated rings. The molecule has 0 aliphatic heterocycles. The standard InChI is InChI=1S/C13H11N7O2S/c1-18-5-4-14-13(18)23-12-3-2-10(6-11(12)20(21)22)7-17-19-8-15-16-9-19/h2-9H,1H3/p+1. The molecule has 2 heterocycles. The van der Waals surface area contributed by atoms with E-state index >= 15 is 0 Å². The first-order valence-electron chi connectivity index (χ1n) is 6.51. The summed E-state index contributed by atoms with van der Waals surface area (Å²) in [6, 6.07) is 4.94. The summed E-state index contributed by atoms with van der Waals surface area (Å²) in [5, 5.41) is 22.5. The van der Waals surface area contributed by atoms with Gasteiger partial charge in [0.15, 0.2) is 5.16 Å². The highest BCUT2D eigenvalue weighted by Gasteiger charge is 2.17. The molecule has 0 spiro atoms. The molecule has 0 amide bonds. The van der Waals surface area contributed by atoms with E-state index in [1.165, 1.54) is 35.0 Å². The second-order valence-corrected chi connectivity index (χ2v) is 5.54. The third-order valence-corrected chi connectivity index (χ3v) is 4.08. The van der Waals surface area contributed by atoms with Crippen LogP contribution in [-0.4, -0.2) is 30.9 Å². The Hall–Kier alpha value is -3.01. The predicted molar refractivity (Wildman–Crippen MR) is 82.2 cm³/mol. The van der Waals surface area contributed by atoms with Crippen molar-refractivity contribution in [1.82, 2.24) is 19.7 Å². The zero-order chi connectivity index (χ0) is 16.2. The van der Waals surface area contributed by atoms with E-state index in [1.807, 2.05) is 7.05 Å². The van der Waals surface area contributed by atoms with Crippen LogP contribution < -0.4 is 4.68 Å². The molecule has 3 aromatic rings. The van der Waals surface area contributed by atoms with Gasteiger partial charge in [-0.3, -0.25) is 10.1 Å².